The van der Waals surface area contributed by atoms with Gasteiger partial charge in [-0.3, -0.25) is 0 Å². The summed E-state index contributed by atoms with van der Waals surface area (Å²) in [6.45, 7) is 4.90. The van der Waals surface area contributed by atoms with E-state index in [4.69, 9.17) is 5.73 Å². The molecular weight excluding hydrogens is 200 g/mol. The molecule has 1 heterocycles. The molecule has 1 unspecified atom stereocenters. The van der Waals surface area contributed by atoms with Crippen LogP contribution in [0.5, 0.6) is 0 Å². The van der Waals surface area contributed by atoms with Crippen LogP contribution < -0.4 is 5.73 Å². The Morgan fingerprint density at radius 2 is 2.29 bits per heavy atom. The van der Waals surface area contributed by atoms with Crippen molar-refractivity contribution in [2.75, 3.05) is 19.6 Å². The summed E-state index contributed by atoms with van der Waals surface area (Å²) in [5.74, 6) is 0. The number of sulfonamides is 1. The second-order valence-corrected chi connectivity index (χ2v) is 6.12. The van der Waals surface area contributed by atoms with Gasteiger partial charge in [-0.2, -0.15) is 4.31 Å². The summed E-state index contributed by atoms with van der Waals surface area (Å²) >= 11 is 0. The van der Waals surface area contributed by atoms with Crippen molar-refractivity contribution in [1.29, 1.82) is 0 Å². The Morgan fingerprint density at radius 1 is 1.64 bits per heavy atom. The van der Waals surface area contributed by atoms with Gasteiger partial charge in [-0.15, -0.1) is 0 Å². The number of nitrogens with two attached hydrogens (primary N) is 1. The molecule has 1 rings (SSSR count). The van der Waals surface area contributed by atoms with E-state index in [1.54, 1.807) is 6.92 Å². The molecule has 1 atom stereocenters. The van der Waals surface area contributed by atoms with Crippen LogP contribution in [-0.4, -0.2) is 37.6 Å². The van der Waals surface area contributed by atoms with Gasteiger partial charge in [0.05, 0.1) is 5.25 Å². The molecule has 0 bridgehead atoms. The van der Waals surface area contributed by atoms with E-state index in [0.29, 0.717) is 13.1 Å². The average Bonchev–Trinajstić information content (AvgIpc) is 2.16. The lowest BCUT2D eigenvalue weighted by molar-refractivity contribution is 0.421. The smallest absolute Gasteiger partial charge is 0.218 e. The monoisotopic (exact) mass is 218 g/mol. The van der Waals surface area contributed by atoms with Crippen LogP contribution in [0.4, 0.5) is 0 Å². The molecule has 0 radical (unpaired) electrons. The SMILES string of the molecule is CC1=CCCN(S(=O)(=O)C(C)CN)C1. The van der Waals surface area contributed by atoms with E-state index in [0.717, 1.165) is 12.0 Å². The van der Waals surface area contributed by atoms with Crippen molar-refractivity contribution in [2.24, 2.45) is 5.73 Å². The summed E-state index contributed by atoms with van der Waals surface area (Å²) in [6, 6.07) is 0. The van der Waals surface area contributed by atoms with Crippen LogP contribution in [0.1, 0.15) is 20.3 Å². The van der Waals surface area contributed by atoms with E-state index in [1.165, 1.54) is 4.31 Å². The van der Waals surface area contributed by atoms with Crippen molar-refractivity contribution in [2.45, 2.75) is 25.5 Å². The molecule has 1 aliphatic rings. The normalized spacial score (nSPS) is 21.8. The first-order valence-electron chi connectivity index (χ1n) is 4.83. The third-order valence-corrected chi connectivity index (χ3v) is 4.74. The molecule has 0 aromatic heterocycles. The van der Waals surface area contributed by atoms with Gasteiger partial charge in [0.1, 0.15) is 0 Å². The summed E-state index contributed by atoms with van der Waals surface area (Å²) in [5.41, 5.74) is 6.49. The summed E-state index contributed by atoms with van der Waals surface area (Å²) in [6.07, 6.45) is 2.89. The number of hydrogen-bond acceptors (Lipinski definition) is 3. The van der Waals surface area contributed by atoms with E-state index >= 15 is 0 Å². The molecule has 14 heavy (non-hydrogen) atoms. The minimum atomic E-state index is -3.18. The second-order valence-electron chi connectivity index (χ2n) is 3.76. The number of hydrogen-bond donors (Lipinski definition) is 1. The third-order valence-electron chi connectivity index (χ3n) is 2.50. The highest BCUT2D eigenvalue weighted by Gasteiger charge is 2.28. The largest absolute Gasteiger partial charge is 0.329 e. The van der Waals surface area contributed by atoms with Crippen molar-refractivity contribution in [3.63, 3.8) is 0 Å². The molecule has 2 N–H and O–H groups in total. The lowest BCUT2D eigenvalue weighted by atomic mass is 10.2. The molecule has 0 saturated heterocycles. The van der Waals surface area contributed by atoms with E-state index in [2.05, 4.69) is 6.08 Å². The molecule has 1 aliphatic heterocycles. The predicted octanol–water partition coefficient (Wildman–Crippen LogP) is 0.315. The zero-order valence-electron chi connectivity index (χ0n) is 8.73. The highest BCUT2D eigenvalue weighted by molar-refractivity contribution is 7.89. The van der Waals surface area contributed by atoms with Crippen LogP contribution in [0, 0.1) is 0 Å². The van der Waals surface area contributed by atoms with Gasteiger partial charge in [0, 0.05) is 19.6 Å². The molecule has 0 aromatic carbocycles. The van der Waals surface area contributed by atoms with Gasteiger partial charge in [-0.1, -0.05) is 11.6 Å². The van der Waals surface area contributed by atoms with Gasteiger partial charge >= 0.3 is 0 Å². The Labute approximate surface area is 85.8 Å². The molecule has 0 aromatic rings. The summed E-state index contributed by atoms with van der Waals surface area (Å²) in [5, 5.41) is -0.478. The van der Waals surface area contributed by atoms with Crippen LogP contribution in [-0.2, 0) is 10.0 Å². The van der Waals surface area contributed by atoms with E-state index in [-0.39, 0.29) is 6.54 Å². The fourth-order valence-electron chi connectivity index (χ4n) is 1.47. The molecular formula is C9H18N2O2S. The Balaban J connectivity index is 2.79. The zero-order valence-corrected chi connectivity index (χ0v) is 9.55. The first-order chi connectivity index (χ1) is 6.48. The Kier molecular flexibility index (Phi) is 3.69. The van der Waals surface area contributed by atoms with Crippen LogP contribution in [0.2, 0.25) is 0 Å². The fraction of sp³-hybridized carbons (Fsp3) is 0.778. The highest BCUT2D eigenvalue weighted by Crippen LogP contribution is 2.16. The van der Waals surface area contributed by atoms with Gasteiger partial charge in [0.25, 0.3) is 0 Å². The topological polar surface area (TPSA) is 63.4 Å². The third kappa shape index (κ3) is 2.34. The maximum Gasteiger partial charge on any atom is 0.218 e. The Hall–Kier alpha value is -0.390. The molecule has 4 nitrogen and oxygen atoms in total. The number of nitrogens with zero attached hydrogens (tertiary/aromatic N) is 1. The van der Waals surface area contributed by atoms with Gasteiger partial charge in [-0.25, -0.2) is 8.42 Å². The zero-order chi connectivity index (χ0) is 10.8. The standard InChI is InChI=1S/C9H18N2O2S/c1-8-4-3-5-11(7-8)14(12,13)9(2)6-10/h4,9H,3,5-7,10H2,1-2H3. The lowest BCUT2D eigenvalue weighted by Crippen LogP contribution is -2.43. The Bertz CT molecular complexity index is 322. The lowest BCUT2D eigenvalue weighted by Gasteiger charge is -2.27. The summed E-state index contributed by atoms with van der Waals surface area (Å²) in [7, 11) is -3.18. The molecule has 0 aliphatic carbocycles. The molecule has 0 fully saturated rings. The van der Waals surface area contributed by atoms with Crippen LogP contribution >= 0.6 is 0 Å². The molecule has 5 heteroatoms. The minimum absolute atomic E-state index is 0.182. The molecule has 0 spiro atoms. The molecule has 82 valence electrons. The van der Waals surface area contributed by atoms with Gasteiger partial charge in [0.15, 0.2) is 0 Å². The van der Waals surface area contributed by atoms with Gasteiger partial charge in [0.2, 0.25) is 10.0 Å². The van der Waals surface area contributed by atoms with Crippen molar-refractivity contribution >= 4 is 10.0 Å². The highest BCUT2D eigenvalue weighted by atomic mass is 32.2. The Morgan fingerprint density at radius 3 is 2.79 bits per heavy atom. The fourth-order valence-corrected chi connectivity index (χ4v) is 2.97. The van der Waals surface area contributed by atoms with Crippen LogP contribution in [0.15, 0.2) is 11.6 Å². The van der Waals surface area contributed by atoms with Crippen molar-refractivity contribution < 1.29 is 8.42 Å². The van der Waals surface area contributed by atoms with E-state index in [1.807, 2.05) is 6.92 Å². The molecule has 0 saturated carbocycles. The second kappa shape index (κ2) is 4.42. The van der Waals surface area contributed by atoms with Crippen LogP contribution in [0.25, 0.3) is 0 Å². The van der Waals surface area contributed by atoms with Crippen molar-refractivity contribution in [1.82, 2.24) is 4.31 Å². The average molecular weight is 218 g/mol. The maximum atomic E-state index is 11.9. The van der Waals surface area contributed by atoms with E-state index < -0.39 is 15.3 Å². The predicted molar refractivity (Wildman–Crippen MR) is 57.4 cm³/mol. The minimum Gasteiger partial charge on any atom is -0.329 e. The van der Waals surface area contributed by atoms with E-state index in [9.17, 15) is 8.42 Å². The first-order valence-corrected chi connectivity index (χ1v) is 6.33. The van der Waals surface area contributed by atoms with Crippen molar-refractivity contribution in [3.05, 3.63) is 11.6 Å². The van der Waals surface area contributed by atoms with Gasteiger partial charge < -0.3 is 5.73 Å². The summed E-state index contributed by atoms with van der Waals surface area (Å²) in [4.78, 5) is 0. The molecule has 0 amide bonds. The number of rotatable bonds is 3. The quantitative estimate of drug-likeness (QED) is 0.694. The first kappa shape index (κ1) is 11.7. The maximum absolute atomic E-state index is 11.9. The van der Waals surface area contributed by atoms with Crippen LogP contribution in [0.3, 0.4) is 0 Å². The van der Waals surface area contributed by atoms with Gasteiger partial charge in [-0.05, 0) is 20.3 Å². The summed E-state index contributed by atoms with van der Waals surface area (Å²) < 4.78 is 25.3. The van der Waals surface area contributed by atoms with Crippen molar-refractivity contribution in [3.8, 4) is 0 Å².